The van der Waals surface area contributed by atoms with E-state index in [1.165, 1.54) is 4.88 Å². The summed E-state index contributed by atoms with van der Waals surface area (Å²) in [7, 11) is 0. The first kappa shape index (κ1) is 12.7. The van der Waals surface area contributed by atoms with E-state index < -0.39 is 0 Å². The number of halogens is 1. The third-order valence-electron chi connectivity index (χ3n) is 3.14. The number of benzene rings is 1. The maximum Gasteiger partial charge on any atom is 0.194 e. The van der Waals surface area contributed by atoms with Crippen LogP contribution in [0.15, 0.2) is 24.4 Å². The SMILES string of the molecule is Cc1cc(-c2c(C)sc3nc(CO)cn23)ccc1Cl. The first-order chi connectivity index (χ1) is 9.10. The lowest BCUT2D eigenvalue weighted by Crippen LogP contribution is -1.88. The van der Waals surface area contributed by atoms with Gasteiger partial charge in [-0.1, -0.05) is 17.7 Å². The number of hydrogen-bond donors (Lipinski definition) is 1. The number of aliphatic hydroxyl groups is 1. The number of hydrogen-bond acceptors (Lipinski definition) is 3. The van der Waals surface area contributed by atoms with Crippen molar-refractivity contribution in [2.24, 2.45) is 0 Å². The van der Waals surface area contributed by atoms with Gasteiger partial charge in [-0.25, -0.2) is 4.98 Å². The van der Waals surface area contributed by atoms with Crippen molar-refractivity contribution in [3.63, 3.8) is 0 Å². The van der Waals surface area contributed by atoms with Gasteiger partial charge in [0, 0.05) is 21.7 Å². The lowest BCUT2D eigenvalue weighted by molar-refractivity contribution is 0.277. The lowest BCUT2D eigenvalue weighted by atomic mass is 10.1. The number of thiazole rings is 1. The molecule has 0 aliphatic heterocycles. The van der Waals surface area contributed by atoms with Gasteiger partial charge in [0.2, 0.25) is 0 Å². The highest BCUT2D eigenvalue weighted by Gasteiger charge is 2.14. The largest absolute Gasteiger partial charge is 0.390 e. The molecule has 19 heavy (non-hydrogen) atoms. The van der Waals surface area contributed by atoms with E-state index in [0.29, 0.717) is 5.69 Å². The molecule has 2 aromatic heterocycles. The van der Waals surface area contributed by atoms with Gasteiger partial charge in [-0.15, -0.1) is 11.3 Å². The summed E-state index contributed by atoms with van der Waals surface area (Å²) in [5, 5.41) is 9.95. The predicted molar refractivity (Wildman–Crippen MR) is 78.9 cm³/mol. The first-order valence-electron chi connectivity index (χ1n) is 5.95. The molecule has 0 aliphatic carbocycles. The predicted octanol–water partition coefficient (Wildman–Crippen LogP) is 3.83. The van der Waals surface area contributed by atoms with Crippen LogP contribution in [-0.4, -0.2) is 14.5 Å². The van der Waals surface area contributed by atoms with Crippen LogP contribution in [0, 0.1) is 13.8 Å². The molecule has 2 heterocycles. The number of aromatic nitrogens is 2. The van der Waals surface area contributed by atoms with Gasteiger partial charge < -0.3 is 5.11 Å². The second-order valence-corrected chi connectivity index (χ2v) is 6.10. The Kier molecular flexibility index (Phi) is 3.09. The fourth-order valence-electron chi connectivity index (χ4n) is 2.21. The van der Waals surface area contributed by atoms with E-state index in [4.69, 9.17) is 11.6 Å². The molecule has 3 aromatic rings. The van der Waals surface area contributed by atoms with Crippen molar-refractivity contribution in [1.82, 2.24) is 9.38 Å². The maximum absolute atomic E-state index is 9.18. The summed E-state index contributed by atoms with van der Waals surface area (Å²) in [5.41, 5.74) is 3.98. The van der Waals surface area contributed by atoms with Crippen molar-refractivity contribution in [2.75, 3.05) is 0 Å². The molecule has 0 radical (unpaired) electrons. The van der Waals surface area contributed by atoms with Crippen LogP contribution in [0.4, 0.5) is 0 Å². The molecular formula is C14H13ClN2OS. The van der Waals surface area contributed by atoms with E-state index in [0.717, 1.165) is 26.8 Å². The van der Waals surface area contributed by atoms with E-state index in [1.54, 1.807) is 11.3 Å². The number of fused-ring (bicyclic) bond motifs is 1. The van der Waals surface area contributed by atoms with Gasteiger partial charge in [0.05, 0.1) is 18.0 Å². The zero-order valence-corrected chi connectivity index (χ0v) is 12.2. The van der Waals surface area contributed by atoms with Gasteiger partial charge in [-0.2, -0.15) is 0 Å². The Balaban J connectivity index is 2.25. The molecule has 0 unspecified atom stereocenters. The zero-order chi connectivity index (χ0) is 13.6. The molecule has 0 bridgehead atoms. The van der Waals surface area contributed by atoms with Crippen molar-refractivity contribution in [2.45, 2.75) is 20.5 Å². The van der Waals surface area contributed by atoms with Gasteiger partial charge in [0.15, 0.2) is 4.96 Å². The second-order valence-electron chi connectivity index (χ2n) is 4.51. The summed E-state index contributed by atoms with van der Waals surface area (Å²) in [6.07, 6.45) is 1.89. The second kappa shape index (κ2) is 4.63. The van der Waals surface area contributed by atoms with E-state index >= 15 is 0 Å². The van der Waals surface area contributed by atoms with Crippen LogP contribution in [0.1, 0.15) is 16.1 Å². The van der Waals surface area contributed by atoms with E-state index in [9.17, 15) is 5.11 Å². The number of aryl methyl sites for hydroxylation is 2. The summed E-state index contributed by atoms with van der Waals surface area (Å²) < 4.78 is 2.04. The molecule has 0 aliphatic rings. The van der Waals surface area contributed by atoms with Crippen molar-refractivity contribution in [3.05, 3.63) is 45.6 Å². The molecular weight excluding hydrogens is 280 g/mol. The molecule has 98 valence electrons. The summed E-state index contributed by atoms with van der Waals surface area (Å²) in [5.74, 6) is 0. The van der Waals surface area contributed by atoms with Crippen molar-refractivity contribution < 1.29 is 5.11 Å². The summed E-state index contributed by atoms with van der Waals surface area (Å²) in [6, 6.07) is 6.01. The van der Waals surface area contributed by atoms with Gasteiger partial charge in [-0.05, 0) is 31.5 Å². The maximum atomic E-state index is 9.18. The Morgan fingerprint density at radius 2 is 2.16 bits per heavy atom. The van der Waals surface area contributed by atoms with Crippen LogP contribution in [0.2, 0.25) is 5.02 Å². The van der Waals surface area contributed by atoms with Crippen LogP contribution in [0.3, 0.4) is 0 Å². The number of nitrogens with zero attached hydrogens (tertiary/aromatic N) is 2. The van der Waals surface area contributed by atoms with E-state index in [2.05, 4.69) is 18.0 Å². The minimum atomic E-state index is -0.0352. The molecule has 3 rings (SSSR count). The highest BCUT2D eigenvalue weighted by atomic mass is 35.5. The average Bonchev–Trinajstić information content (AvgIpc) is 2.89. The molecule has 3 nitrogen and oxygen atoms in total. The molecule has 0 fully saturated rings. The molecule has 1 aromatic carbocycles. The minimum absolute atomic E-state index is 0.0352. The molecule has 0 spiro atoms. The Bertz CT molecular complexity index is 760. The molecule has 0 saturated heterocycles. The van der Waals surface area contributed by atoms with Gasteiger partial charge in [0.1, 0.15) is 0 Å². The van der Waals surface area contributed by atoms with Gasteiger partial charge in [-0.3, -0.25) is 4.40 Å². The summed E-state index contributed by atoms with van der Waals surface area (Å²) >= 11 is 7.70. The van der Waals surface area contributed by atoms with Crippen LogP contribution in [0.5, 0.6) is 0 Å². The molecule has 0 amide bonds. The van der Waals surface area contributed by atoms with Crippen molar-refractivity contribution in [3.8, 4) is 11.3 Å². The molecule has 0 saturated carbocycles. The van der Waals surface area contributed by atoms with E-state index in [1.807, 2.05) is 29.7 Å². The van der Waals surface area contributed by atoms with Gasteiger partial charge >= 0.3 is 0 Å². The monoisotopic (exact) mass is 292 g/mol. The summed E-state index contributed by atoms with van der Waals surface area (Å²) in [6.45, 7) is 4.04. The van der Waals surface area contributed by atoms with Crippen molar-refractivity contribution in [1.29, 1.82) is 0 Å². The normalized spacial score (nSPS) is 11.4. The fourth-order valence-corrected chi connectivity index (χ4v) is 3.32. The molecule has 1 N–H and O–H groups in total. The van der Waals surface area contributed by atoms with Crippen LogP contribution < -0.4 is 0 Å². The smallest absolute Gasteiger partial charge is 0.194 e. The first-order valence-corrected chi connectivity index (χ1v) is 7.14. The Labute approximate surface area is 120 Å². The van der Waals surface area contributed by atoms with Crippen molar-refractivity contribution >= 4 is 27.9 Å². The third kappa shape index (κ3) is 2.06. The van der Waals surface area contributed by atoms with Crippen LogP contribution >= 0.6 is 22.9 Å². The molecule has 0 atom stereocenters. The topological polar surface area (TPSA) is 37.5 Å². The van der Waals surface area contributed by atoms with Crippen LogP contribution in [-0.2, 0) is 6.61 Å². The Hall–Kier alpha value is -1.36. The minimum Gasteiger partial charge on any atom is -0.390 e. The molecule has 5 heteroatoms. The van der Waals surface area contributed by atoms with Gasteiger partial charge in [0.25, 0.3) is 0 Å². The zero-order valence-electron chi connectivity index (χ0n) is 10.6. The standard InChI is InChI=1S/C14H13ClN2OS/c1-8-5-10(3-4-12(8)15)13-9(2)19-14-16-11(7-18)6-17(13)14/h3-6,18H,7H2,1-2H3. The fraction of sp³-hybridized carbons (Fsp3) is 0.214. The number of aliphatic hydroxyl groups excluding tert-OH is 1. The average molecular weight is 293 g/mol. The summed E-state index contributed by atoms with van der Waals surface area (Å²) in [4.78, 5) is 6.49. The quantitative estimate of drug-likeness (QED) is 0.779. The number of rotatable bonds is 2. The van der Waals surface area contributed by atoms with E-state index in [-0.39, 0.29) is 6.61 Å². The lowest BCUT2D eigenvalue weighted by Gasteiger charge is -2.05. The van der Waals surface area contributed by atoms with Crippen LogP contribution in [0.25, 0.3) is 16.2 Å². The Morgan fingerprint density at radius 3 is 2.84 bits per heavy atom. The Morgan fingerprint density at radius 1 is 1.37 bits per heavy atom. The highest BCUT2D eigenvalue weighted by molar-refractivity contribution is 7.17. The third-order valence-corrected chi connectivity index (χ3v) is 4.53. The number of imidazole rings is 1. The highest BCUT2D eigenvalue weighted by Crippen LogP contribution is 2.33.